The standard InChI is InChI=1S/C70H48N2/c1-4-23-53(24-5-1)70-64-31-15-14-29-62(64)63-30-18-34-67(68(63)70)69(65-32-16-17-33-66(65)70,54-37-43-58(44-38-54)71(56-25-6-2-7-26-56)60-41-35-49-19-10-12-21-51(49)47-60)55-39-45-59(46-40-55)72(57-27-8-3-9-28-57)61-42-36-50-20-11-13-22-52(50)48-61/h1-48H. The van der Waals surface area contributed by atoms with E-state index < -0.39 is 10.8 Å². The first kappa shape index (κ1) is 41.7. The minimum Gasteiger partial charge on any atom is -0.310 e. The maximum absolute atomic E-state index is 2.43. The summed E-state index contributed by atoms with van der Waals surface area (Å²) in [5, 5.41) is 4.87. The molecule has 2 aliphatic rings. The molecule has 2 nitrogen and oxygen atoms in total. The quantitative estimate of drug-likeness (QED) is 0.142. The Bertz CT molecular complexity index is 3810. The molecule has 0 aliphatic heterocycles. The normalized spacial score (nSPS) is 14.8. The van der Waals surface area contributed by atoms with E-state index in [1.165, 1.54) is 77.2 Å². The maximum atomic E-state index is 2.43. The van der Waals surface area contributed by atoms with Crippen molar-refractivity contribution < 1.29 is 0 Å². The second-order valence-electron chi connectivity index (χ2n) is 19.2. The Kier molecular flexibility index (Phi) is 9.69. The van der Waals surface area contributed by atoms with Crippen molar-refractivity contribution in [2.24, 2.45) is 0 Å². The van der Waals surface area contributed by atoms with Crippen LogP contribution in [-0.2, 0) is 10.8 Å². The number of hydrogen-bond acceptors (Lipinski definition) is 2. The largest absolute Gasteiger partial charge is 0.310 e. The Labute approximate surface area is 421 Å². The first-order valence-electron chi connectivity index (χ1n) is 25.0. The van der Waals surface area contributed by atoms with Crippen molar-refractivity contribution in [2.45, 2.75) is 10.8 Å². The number of rotatable bonds is 9. The molecule has 0 spiro atoms. The Morgan fingerprint density at radius 3 is 1.10 bits per heavy atom. The molecule has 0 radical (unpaired) electrons. The van der Waals surface area contributed by atoms with Crippen molar-refractivity contribution in [1.29, 1.82) is 0 Å². The predicted molar refractivity (Wildman–Crippen MR) is 300 cm³/mol. The zero-order valence-electron chi connectivity index (χ0n) is 39.6. The lowest BCUT2D eigenvalue weighted by atomic mass is 9.52. The van der Waals surface area contributed by atoms with Gasteiger partial charge in [-0.3, -0.25) is 0 Å². The van der Waals surface area contributed by atoms with Crippen LogP contribution in [0.25, 0.3) is 32.7 Å². The second-order valence-corrected chi connectivity index (χ2v) is 19.2. The van der Waals surface area contributed by atoms with Crippen molar-refractivity contribution in [2.75, 3.05) is 9.80 Å². The molecule has 1 unspecified atom stereocenters. The summed E-state index contributed by atoms with van der Waals surface area (Å²) in [5.74, 6) is 0. The fourth-order valence-electron chi connectivity index (χ4n) is 12.6. The molecule has 12 aromatic rings. The van der Waals surface area contributed by atoms with Gasteiger partial charge in [0.25, 0.3) is 0 Å². The molecular formula is C70H48N2. The molecule has 0 heterocycles. The molecule has 2 aliphatic carbocycles. The van der Waals surface area contributed by atoms with Gasteiger partial charge in [-0.25, -0.2) is 0 Å². The zero-order chi connectivity index (χ0) is 47.6. The van der Waals surface area contributed by atoms with Gasteiger partial charge in [0.2, 0.25) is 0 Å². The van der Waals surface area contributed by atoms with Crippen LogP contribution in [-0.4, -0.2) is 0 Å². The maximum Gasteiger partial charge on any atom is 0.0720 e. The summed E-state index contributed by atoms with van der Waals surface area (Å²) >= 11 is 0. The van der Waals surface area contributed by atoms with Crippen LogP contribution in [0.2, 0.25) is 0 Å². The lowest BCUT2D eigenvalue weighted by Crippen LogP contribution is -2.44. The summed E-state index contributed by atoms with van der Waals surface area (Å²) in [6, 6.07) is 108. The lowest BCUT2D eigenvalue weighted by Gasteiger charge is -2.49. The van der Waals surface area contributed by atoms with Gasteiger partial charge in [0.1, 0.15) is 0 Å². The Morgan fingerprint density at radius 1 is 0.208 bits per heavy atom. The molecule has 0 saturated carbocycles. The minimum atomic E-state index is -0.722. The molecule has 338 valence electrons. The van der Waals surface area contributed by atoms with Gasteiger partial charge in [-0.2, -0.15) is 0 Å². The van der Waals surface area contributed by atoms with E-state index in [0.29, 0.717) is 0 Å². The Morgan fingerprint density at radius 2 is 0.569 bits per heavy atom. The van der Waals surface area contributed by atoms with E-state index in [0.717, 1.165) is 34.1 Å². The molecule has 0 amide bonds. The van der Waals surface area contributed by atoms with Gasteiger partial charge in [-0.05, 0) is 150 Å². The van der Waals surface area contributed by atoms with Crippen LogP contribution in [0.1, 0.15) is 44.5 Å². The molecule has 72 heavy (non-hydrogen) atoms. The second kappa shape index (κ2) is 16.7. The van der Waals surface area contributed by atoms with E-state index in [1.807, 2.05) is 0 Å². The Hall–Kier alpha value is -9.24. The molecule has 14 rings (SSSR count). The topological polar surface area (TPSA) is 6.48 Å². The van der Waals surface area contributed by atoms with Crippen LogP contribution < -0.4 is 9.80 Å². The third-order valence-corrected chi connectivity index (χ3v) is 15.5. The van der Waals surface area contributed by atoms with Crippen LogP contribution in [0, 0.1) is 0 Å². The third-order valence-electron chi connectivity index (χ3n) is 15.5. The summed E-state index contributed by atoms with van der Waals surface area (Å²) < 4.78 is 0. The SMILES string of the molecule is c1ccc(N(c2ccc(C3(c4ccc(N(c5ccccc5)c5ccc6ccccc6c5)cc4)c4ccccc4C4(c5ccccc5)c5ccccc5-c5cccc3c54)cc2)c2ccc3ccccc3c2)cc1. The number of hydrogen-bond donors (Lipinski definition) is 0. The van der Waals surface area contributed by atoms with E-state index in [2.05, 4.69) is 301 Å². The highest BCUT2D eigenvalue weighted by Gasteiger charge is 2.57. The molecule has 0 aromatic heterocycles. The van der Waals surface area contributed by atoms with Crippen molar-refractivity contribution >= 4 is 55.7 Å². The third kappa shape index (κ3) is 6.22. The highest BCUT2D eigenvalue weighted by Crippen LogP contribution is 2.66. The van der Waals surface area contributed by atoms with Gasteiger partial charge in [-0.1, -0.05) is 218 Å². The summed E-state index contributed by atoms with van der Waals surface area (Å²) in [4.78, 5) is 4.77. The van der Waals surface area contributed by atoms with Crippen LogP contribution >= 0.6 is 0 Å². The summed E-state index contributed by atoms with van der Waals surface area (Å²) in [6.45, 7) is 0. The van der Waals surface area contributed by atoms with Gasteiger partial charge >= 0.3 is 0 Å². The van der Waals surface area contributed by atoms with E-state index in [4.69, 9.17) is 0 Å². The van der Waals surface area contributed by atoms with E-state index in [-0.39, 0.29) is 0 Å². The summed E-state index contributed by atoms with van der Waals surface area (Å²) in [5.41, 5.74) is 18.2. The highest BCUT2D eigenvalue weighted by molar-refractivity contribution is 5.94. The lowest BCUT2D eigenvalue weighted by molar-refractivity contribution is 0.627. The van der Waals surface area contributed by atoms with Crippen molar-refractivity contribution in [3.63, 3.8) is 0 Å². The van der Waals surface area contributed by atoms with E-state index >= 15 is 0 Å². The highest BCUT2D eigenvalue weighted by atomic mass is 15.1. The van der Waals surface area contributed by atoms with Crippen molar-refractivity contribution in [1.82, 2.24) is 0 Å². The monoisotopic (exact) mass is 916 g/mol. The van der Waals surface area contributed by atoms with Gasteiger partial charge in [-0.15, -0.1) is 0 Å². The molecule has 1 atom stereocenters. The summed E-state index contributed by atoms with van der Waals surface area (Å²) in [7, 11) is 0. The molecule has 12 aromatic carbocycles. The van der Waals surface area contributed by atoms with Crippen LogP contribution in [0.3, 0.4) is 0 Å². The fraction of sp³-hybridized carbons (Fsp3) is 0.0286. The molecule has 0 bridgehead atoms. The minimum absolute atomic E-state index is 0.538. The first-order valence-corrected chi connectivity index (χ1v) is 25.0. The number of para-hydroxylation sites is 2. The Balaban J connectivity index is 1.02. The number of anilines is 6. The molecule has 0 N–H and O–H groups in total. The number of benzene rings is 12. The zero-order valence-corrected chi connectivity index (χ0v) is 39.6. The van der Waals surface area contributed by atoms with E-state index in [9.17, 15) is 0 Å². The summed E-state index contributed by atoms with van der Waals surface area (Å²) in [6.07, 6.45) is 0. The van der Waals surface area contributed by atoms with Gasteiger partial charge in [0.15, 0.2) is 0 Å². The van der Waals surface area contributed by atoms with E-state index in [1.54, 1.807) is 0 Å². The van der Waals surface area contributed by atoms with Crippen LogP contribution in [0.5, 0.6) is 0 Å². The number of nitrogens with zero attached hydrogens (tertiary/aromatic N) is 2. The molecule has 0 saturated heterocycles. The van der Waals surface area contributed by atoms with Gasteiger partial charge in [0, 0.05) is 34.1 Å². The average molecular weight is 917 g/mol. The van der Waals surface area contributed by atoms with Crippen molar-refractivity contribution in [3.05, 3.63) is 336 Å². The smallest absolute Gasteiger partial charge is 0.0720 e. The molecule has 2 heteroatoms. The fourth-order valence-corrected chi connectivity index (χ4v) is 12.6. The molecule has 0 fully saturated rings. The first-order chi connectivity index (χ1) is 35.7. The van der Waals surface area contributed by atoms with Crippen LogP contribution in [0.4, 0.5) is 34.1 Å². The molecular weight excluding hydrogens is 869 g/mol. The van der Waals surface area contributed by atoms with Gasteiger partial charge < -0.3 is 9.80 Å². The van der Waals surface area contributed by atoms with Crippen molar-refractivity contribution in [3.8, 4) is 11.1 Å². The average Bonchev–Trinajstić information content (AvgIpc) is 3.78. The van der Waals surface area contributed by atoms with Crippen LogP contribution in [0.15, 0.2) is 291 Å². The van der Waals surface area contributed by atoms with Gasteiger partial charge in [0.05, 0.1) is 10.8 Å². The predicted octanol–water partition coefficient (Wildman–Crippen LogP) is 18.0. The number of fused-ring (bicyclic) bond motifs is 7.